The lowest BCUT2D eigenvalue weighted by Gasteiger charge is -2.17. The summed E-state index contributed by atoms with van der Waals surface area (Å²) in [7, 11) is 3.19. The van der Waals surface area contributed by atoms with Crippen molar-refractivity contribution in [1.29, 1.82) is 0 Å². The van der Waals surface area contributed by atoms with Crippen molar-refractivity contribution in [3.8, 4) is 11.5 Å². The first-order valence-electron chi connectivity index (χ1n) is 10.0. The Labute approximate surface area is 185 Å². The topological polar surface area (TPSA) is 67.9 Å². The lowest BCUT2D eigenvalue weighted by Crippen LogP contribution is -2.34. The molecule has 2 amide bonds. The van der Waals surface area contributed by atoms with Crippen LogP contribution in [0.4, 0.5) is 0 Å². The standard InChI is InChI=1S/C23H27BrN2O4/c1-29-20-12-17(19(24)14-21(20)30-2)8-10-25-23(28)18-13-22(27)26(15-18)11-9-16-6-4-3-5-7-16/h3-7,12,14,18H,8-11,13,15H2,1-2H3,(H,25,28). The molecule has 1 saturated heterocycles. The molecule has 0 bridgehead atoms. The van der Waals surface area contributed by atoms with Crippen LogP contribution in [0.1, 0.15) is 17.5 Å². The third-order valence-electron chi connectivity index (χ3n) is 5.34. The molecule has 2 aromatic carbocycles. The highest BCUT2D eigenvalue weighted by Gasteiger charge is 2.33. The second kappa shape index (κ2) is 10.5. The molecule has 1 atom stereocenters. The largest absolute Gasteiger partial charge is 0.493 e. The molecule has 7 heteroatoms. The summed E-state index contributed by atoms with van der Waals surface area (Å²) in [5.41, 5.74) is 2.21. The number of ether oxygens (including phenoxy) is 2. The van der Waals surface area contributed by atoms with Gasteiger partial charge in [-0.05, 0) is 36.1 Å². The number of rotatable bonds is 9. The van der Waals surface area contributed by atoms with Crippen LogP contribution in [0.2, 0.25) is 0 Å². The van der Waals surface area contributed by atoms with E-state index < -0.39 is 0 Å². The van der Waals surface area contributed by atoms with Gasteiger partial charge in [-0.3, -0.25) is 9.59 Å². The second-order valence-corrected chi connectivity index (χ2v) is 8.17. The maximum absolute atomic E-state index is 12.6. The van der Waals surface area contributed by atoms with E-state index in [2.05, 4.69) is 33.4 Å². The number of hydrogen-bond donors (Lipinski definition) is 1. The van der Waals surface area contributed by atoms with E-state index in [0.29, 0.717) is 37.6 Å². The molecular formula is C23H27BrN2O4. The summed E-state index contributed by atoms with van der Waals surface area (Å²) in [6, 6.07) is 13.8. The summed E-state index contributed by atoms with van der Waals surface area (Å²) in [5, 5.41) is 2.97. The average molecular weight is 475 g/mol. The van der Waals surface area contributed by atoms with Gasteiger partial charge < -0.3 is 19.7 Å². The van der Waals surface area contributed by atoms with Crippen molar-refractivity contribution in [1.82, 2.24) is 10.2 Å². The summed E-state index contributed by atoms with van der Waals surface area (Å²) >= 11 is 3.54. The molecular weight excluding hydrogens is 448 g/mol. The van der Waals surface area contributed by atoms with Gasteiger partial charge in [-0.1, -0.05) is 46.3 Å². The number of carbonyl (C=O) groups excluding carboxylic acids is 2. The van der Waals surface area contributed by atoms with E-state index in [1.165, 1.54) is 5.56 Å². The van der Waals surface area contributed by atoms with Crippen LogP contribution >= 0.6 is 15.9 Å². The lowest BCUT2D eigenvalue weighted by molar-refractivity contribution is -0.129. The summed E-state index contributed by atoms with van der Waals surface area (Å²) in [6.45, 7) is 1.62. The van der Waals surface area contributed by atoms with Crippen LogP contribution in [-0.2, 0) is 22.4 Å². The van der Waals surface area contributed by atoms with Gasteiger partial charge in [-0.2, -0.15) is 0 Å². The van der Waals surface area contributed by atoms with Crippen molar-refractivity contribution in [2.24, 2.45) is 5.92 Å². The van der Waals surface area contributed by atoms with Crippen LogP contribution in [0.3, 0.4) is 0 Å². The predicted octanol–water partition coefficient (Wildman–Crippen LogP) is 3.22. The molecule has 1 aliphatic rings. The first kappa shape index (κ1) is 22.2. The second-order valence-electron chi connectivity index (χ2n) is 7.32. The Hall–Kier alpha value is -2.54. The van der Waals surface area contributed by atoms with Crippen LogP contribution in [0.15, 0.2) is 46.9 Å². The first-order valence-corrected chi connectivity index (χ1v) is 10.8. The number of benzene rings is 2. The van der Waals surface area contributed by atoms with Gasteiger partial charge in [0.2, 0.25) is 11.8 Å². The zero-order valence-corrected chi connectivity index (χ0v) is 18.9. The molecule has 0 saturated carbocycles. The summed E-state index contributed by atoms with van der Waals surface area (Å²) < 4.78 is 11.5. The van der Waals surface area contributed by atoms with Gasteiger partial charge in [-0.15, -0.1) is 0 Å². The normalized spacial score (nSPS) is 15.9. The maximum atomic E-state index is 12.6. The van der Waals surface area contributed by atoms with E-state index in [0.717, 1.165) is 16.5 Å². The van der Waals surface area contributed by atoms with E-state index in [-0.39, 0.29) is 24.2 Å². The number of methoxy groups -OCH3 is 2. The highest BCUT2D eigenvalue weighted by Crippen LogP contribution is 2.33. The molecule has 2 aromatic rings. The van der Waals surface area contributed by atoms with Crippen LogP contribution in [0.25, 0.3) is 0 Å². The van der Waals surface area contributed by atoms with E-state index in [9.17, 15) is 9.59 Å². The monoisotopic (exact) mass is 474 g/mol. The van der Waals surface area contributed by atoms with Crippen molar-refractivity contribution < 1.29 is 19.1 Å². The maximum Gasteiger partial charge on any atom is 0.225 e. The Bertz CT molecular complexity index is 888. The Morgan fingerprint density at radius 1 is 1.13 bits per heavy atom. The summed E-state index contributed by atoms with van der Waals surface area (Å²) in [5.74, 6) is 0.993. The van der Waals surface area contributed by atoms with Crippen molar-refractivity contribution in [3.05, 3.63) is 58.1 Å². The molecule has 1 heterocycles. The number of hydrogen-bond acceptors (Lipinski definition) is 4. The fraction of sp³-hybridized carbons (Fsp3) is 0.391. The SMILES string of the molecule is COc1cc(Br)c(CCNC(=O)C2CC(=O)N(CCc3ccccc3)C2)cc1OC. The fourth-order valence-corrected chi connectivity index (χ4v) is 4.15. The molecule has 0 spiro atoms. The van der Waals surface area contributed by atoms with Gasteiger partial charge >= 0.3 is 0 Å². The highest BCUT2D eigenvalue weighted by molar-refractivity contribution is 9.10. The molecule has 1 N–H and O–H groups in total. The minimum absolute atomic E-state index is 0.0497. The molecule has 30 heavy (non-hydrogen) atoms. The Morgan fingerprint density at radius 2 is 1.83 bits per heavy atom. The molecule has 0 radical (unpaired) electrons. The van der Waals surface area contributed by atoms with Gasteiger partial charge in [-0.25, -0.2) is 0 Å². The highest BCUT2D eigenvalue weighted by atomic mass is 79.9. The molecule has 3 rings (SSSR count). The first-order chi connectivity index (χ1) is 14.5. The summed E-state index contributed by atoms with van der Waals surface area (Å²) in [4.78, 5) is 26.7. The van der Waals surface area contributed by atoms with E-state index in [4.69, 9.17) is 9.47 Å². The number of nitrogens with zero attached hydrogens (tertiary/aromatic N) is 1. The molecule has 1 aliphatic heterocycles. The number of nitrogens with one attached hydrogen (secondary N) is 1. The minimum Gasteiger partial charge on any atom is -0.493 e. The quantitative estimate of drug-likeness (QED) is 0.605. The van der Waals surface area contributed by atoms with Gasteiger partial charge in [0.05, 0.1) is 20.1 Å². The van der Waals surface area contributed by atoms with Gasteiger partial charge in [0.25, 0.3) is 0 Å². The van der Waals surface area contributed by atoms with E-state index in [1.54, 1.807) is 19.1 Å². The zero-order chi connectivity index (χ0) is 21.5. The number of halogens is 1. The molecule has 1 unspecified atom stereocenters. The third-order valence-corrected chi connectivity index (χ3v) is 6.08. The number of amides is 2. The lowest BCUT2D eigenvalue weighted by atomic mass is 10.1. The summed E-state index contributed by atoms with van der Waals surface area (Å²) in [6.07, 6.45) is 1.72. The third kappa shape index (κ3) is 5.53. The minimum atomic E-state index is -0.290. The predicted molar refractivity (Wildman–Crippen MR) is 119 cm³/mol. The molecule has 0 aliphatic carbocycles. The van der Waals surface area contributed by atoms with Crippen molar-refractivity contribution in [3.63, 3.8) is 0 Å². The average Bonchev–Trinajstić information content (AvgIpc) is 3.14. The zero-order valence-electron chi connectivity index (χ0n) is 17.3. The van der Waals surface area contributed by atoms with Crippen molar-refractivity contribution >= 4 is 27.7 Å². The van der Waals surface area contributed by atoms with E-state index >= 15 is 0 Å². The number of carbonyl (C=O) groups is 2. The fourth-order valence-electron chi connectivity index (χ4n) is 3.63. The smallest absolute Gasteiger partial charge is 0.225 e. The van der Waals surface area contributed by atoms with Crippen LogP contribution < -0.4 is 14.8 Å². The van der Waals surface area contributed by atoms with Gasteiger partial charge in [0.1, 0.15) is 0 Å². The van der Waals surface area contributed by atoms with Crippen LogP contribution in [-0.4, -0.2) is 50.6 Å². The van der Waals surface area contributed by atoms with Crippen LogP contribution in [0.5, 0.6) is 11.5 Å². The van der Waals surface area contributed by atoms with Crippen molar-refractivity contribution in [2.75, 3.05) is 33.9 Å². The molecule has 6 nitrogen and oxygen atoms in total. The Kier molecular flexibility index (Phi) is 7.74. The molecule has 0 aromatic heterocycles. The van der Waals surface area contributed by atoms with Crippen molar-refractivity contribution in [2.45, 2.75) is 19.3 Å². The van der Waals surface area contributed by atoms with E-state index in [1.807, 2.05) is 30.3 Å². The molecule has 160 valence electrons. The Morgan fingerprint density at radius 3 is 2.53 bits per heavy atom. The van der Waals surface area contributed by atoms with Gasteiger partial charge in [0.15, 0.2) is 11.5 Å². The number of likely N-dealkylation sites (tertiary alicyclic amines) is 1. The molecule has 1 fully saturated rings. The Balaban J connectivity index is 1.48. The van der Waals surface area contributed by atoms with Crippen LogP contribution in [0, 0.1) is 5.92 Å². The van der Waals surface area contributed by atoms with Gasteiger partial charge in [0, 0.05) is 30.5 Å².